The highest BCUT2D eigenvalue weighted by Gasteiger charge is 2.18. The van der Waals surface area contributed by atoms with Gasteiger partial charge in [-0.3, -0.25) is 0 Å². The fraction of sp³-hybridized carbons (Fsp3) is 0.200. The fourth-order valence-electron chi connectivity index (χ4n) is 2.53. The molecule has 0 amide bonds. The summed E-state index contributed by atoms with van der Waals surface area (Å²) in [5.74, 6) is -2.93. The third kappa shape index (κ3) is 4.06. The standard InChI is InChI=1S/C20H16F3IOS/c1-2-3-10-25-16-7-6-14(19(22)20(16)23)13-5-4-12(11-15(13)21)17-8-9-18(24)26-17/h4-9,11H,2-3,10H2,1H3. The van der Waals surface area contributed by atoms with Crippen molar-refractivity contribution >= 4 is 33.9 Å². The minimum absolute atomic E-state index is 0.0245. The number of hydrogen-bond acceptors (Lipinski definition) is 2. The minimum atomic E-state index is -1.10. The van der Waals surface area contributed by atoms with Crippen LogP contribution in [0.25, 0.3) is 21.6 Å². The van der Waals surface area contributed by atoms with E-state index in [4.69, 9.17) is 4.74 Å². The van der Waals surface area contributed by atoms with Gasteiger partial charge in [-0.15, -0.1) is 11.3 Å². The minimum Gasteiger partial charge on any atom is -0.490 e. The van der Waals surface area contributed by atoms with E-state index in [9.17, 15) is 13.2 Å². The van der Waals surface area contributed by atoms with Crippen LogP contribution in [0, 0.1) is 20.3 Å². The Kier molecular flexibility index (Phi) is 6.24. The first-order chi connectivity index (χ1) is 12.5. The molecule has 0 fully saturated rings. The maximum atomic E-state index is 14.6. The summed E-state index contributed by atoms with van der Waals surface area (Å²) in [5.41, 5.74) is 0.617. The van der Waals surface area contributed by atoms with Crippen molar-refractivity contribution < 1.29 is 17.9 Å². The molecule has 0 atom stereocenters. The van der Waals surface area contributed by atoms with Crippen LogP contribution in [0.2, 0.25) is 0 Å². The summed E-state index contributed by atoms with van der Waals surface area (Å²) in [6.45, 7) is 2.29. The molecule has 0 saturated heterocycles. The van der Waals surface area contributed by atoms with E-state index in [0.717, 1.165) is 20.6 Å². The van der Waals surface area contributed by atoms with Crippen LogP contribution in [0.3, 0.4) is 0 Å². The second-order valence-electron chi connectivity index (χ2n) is 5.74. The number of benzene rings is 2. The van der Waals surface area contributed by atoms with Crippen molar-refractivity contribution in [3.05, 3.63) is 62.8 Å². The molecule has 3 rings (SSSR count). The number of unbranched alkanes of at least 4 members (excludes halogenated alkanes) is 1. The summed E-state index contributed by atoms with van der Waals surface area (Å²) in [4.78, 5) is 0.922. The lowest BCUT2D eigenvalue weighted by molar-refractivity contribution is 0.289. The number of hydrogen-bond donors (Lipinski definition) is 0. The highest BCUT2D eigenvalue weighted by Crippen LogP contribution is 2.35. The molecule has 0 spiro atoms. The second kappa shape index (κ2) is 8.43. The number of rotatable bonds is 6. The first kappa shape index (κ1) is 19.2. The molecule has 0 aliphatic heterocycles. The summed E-state index contributed by atoms with van der Waals surface area (Å²) in [6.07, 6.45) is 1.64. The van der Waals surface area contributed by atoms with E-state index < -0.39 is 17.5 Å². The summed E-state index contributed by atoms with van der Waals surface area (Å²) in [6, 6.07) is 11.1. The van der Waals surface area contributed by atoms with Gasteiger partial charge in [-0.25, -0.2) is 8.78 Å². The van der Waals surface area contributed by atoms with Crippen LogP contribution in [0.4, 0.5) is 13.2 Å². The molecule has 26 heavy (non-hydrogen) atoms. The average Bonchev–Trinajstić information content (AvgIpc) is 3.06. The van der Waals surface area contributed by atoms with Crippen molar-refractivity contribution in [3.63, 3.8) is 0 Å². The Balaban J connectivity index is 1.92. The van der Waals surface area contributed by atoms with Crippen LogP contribution in [0.5, 0.6) is 5.75 Å². The van der Waals surface area contributed by atoms with Gasteiger partial charge in [-0.1, -0.05) is 25.5 Å². The van der Waals surface area contributed by atoms with E-state index in [0.29, 0.717) is 12.2 Å². The number of ether oxygens (including phenoxy) is 1. The van der Waals surface area contributed by atoms with Gasteiger partial charge in [0.2, 0.25) is 5.82 Å². The SMILES string of the molecule is CCCCOc1ccc(-c2ccc(-c3ccc(I)s3)cc2F)c(F)c1F. The molecule has 136 valence electrons. The summed E-state index contributed by atoms with van der Waals surface area (Å²) in [7, 11) is 0. The van der Waals surface area contributed by atoms with E-state index >= 15 is 0 Å². The van der Waals surface area contributed by atoms with Crippen molar-refractivity contribution in [1.29, 1.82) is 0 Å². The van der Waals surface area contributed by atoms with Gasteiger partial charge in [0, 0.05) is 16.0 Å². The Labute approximate surface area is 168 Å². The molecule has 1 aromatic heterocycles. The van der Waals surface area contributed by atoms with Gasteiger partial charge in [0.25, 0.3) is 0 Å². The first-order valence-corrected chi connectivity index (χ1v) is 10.1. The first-order valence-electron chi connectivity index (χ1n) is 8.17. The quantitative estimate of drug-likeness (QED) is 0.262. The molecule has 0 aliphatic carbocycles. The molecule has 1 nitrogen and oxygen atoms in total. The van der Waals surface area contributed by atoms with E-state index in [1.807, 2.05) is 19.1 Å². The Hall–Kier alpha value is -1.54. The van der Waals surface area contributed by atoms with Crippen molar-refractivity contribution in [1.82, 2.24) is 0 Å². The molecule has 0 unspecified atom stereocenters. The smallest absolute Gasteiger partial charge is 0.201 e. The Bertz CT molecular complexity index is 923. The molecule has 0 N–H and O–H groups in total. The molecule has 2 aromatic carbocycles. The molecule has 3 aromatic rings. The lowest BCUT2D eigenvalue weighted by Crippen LogP contribution is -2.01. The van der Waals surface area contributed by atoms with Gasteiger partial charge in [0.05, 0.1) is 9.49 Å². The zero-order valence-electron chi connectivity index (χ0n) is 14.0. The van der Waals surface area contributed by atoms with Crippen LogP contribution in [0.1, 0.15) is 19.8 Å². The van der Waals surface area contributed by atoms with Gasteiger partial charge < -0.3 is 4.74 Å². The molecule has 6 heteroatoms. The Morgan fingerprint density at radius 1 is 0.962 bits per heavy atom. The molecule has 0 bridgehead atoms. The van der Waals surface area contributed by atoms with Crippen LogP contribution in [-0.4, -0.2) is 6.61 Å². The van der Waals surface area contributed by atoms with Crippen LogP contribution in [0.15, 0.2) is 42.5 Å². The highest BCUT2D eigenvalue weighted by atomic mass is 127. The third-order valence-electron chi connectivity index (χ3n) is 3.92. The highest BCUT2D eigenvalue weighted by molar-refractivity contribution is 14.1. The fourth-order valence-corrected chi connectivity index (χ4v) is 4.15. The topological polar surface area (TPSA) is 9.23 Å². The monoisotopic (exact) mass is 488 g/mol. The molecular formula is C20H16F3IOS. The Morgan fingerprint density at radius 2 is 1.73 bits per heavy atom. The second-order valence-corrected chi connectivity index (χ2v) is 8.72. The van der Waals surface area contributed by atoms with Crippen molar-refractivity contribution in [2.24, 2.45) is 0 Å². The average molecular weight is 488 g/mol. The largest absolute Gasteiger partial charge is 0.490 e. The Morgan fingerprint density at radius 3 is 2.38 bits per heavy atom. The summed E-state index contributed by atoms with van der Waals surface area (Å²) >= 11 is 3.73. The van der Waals surface area contributed by atoms with Crippen LogP contribution >= 0.6 is 33.9 Å². The molecule has 0 radical (unpaired) electrons. The van der Waals surface area contributed by atoms with Gasteiger partial charge in [-0.05, 0) is 64.9 Å². The van der Waals surface area contributed by atoms with Gasteiger partial charge in [0.15, 0.2) is 11.6 Å². The van der Waals surface area contributed by atoms with E-state index in [1.54, 1.807) is 6.07 Å². The normalized spacial score (nSPS) is 11.0. The molecule has 0 aliphatic rings. The maximum absolute atomic E-state index is 14.6. The van der Waals surface area contributed by atoms with Crippen LogP contribution < -0.4 is 4.74 Å². The third-order valence-corrected chi connectivity index (χ3v) is 5.86. The predicted molar refractivity (Wildman–Crippen MR) is 108 cm³/mol. The molecular weight excluding hydrogens is 472 g/mol. The lowest BCUT2D eigenvalue weighted by atomic mass is 10.0. The molecule has 1 heterocycles. The molecule has 0 saturated carbocycles. The van der Waals surface area contributed by atoms with Crippen molar-refractivity contribution in [2.75, 3.05) is 6.61 Å². The van der Waals surface area contributed by atoms with Crippen molar-refractivity contribution in [3.8, 4) is 27.3 Å². The number of thiophene rings is 1. The van der Waals surface area contributed by atoms with Gasteiger partial charge >= 0.3 is 0 Å². The number of halogens is 4. The van der Waals surface area contributed by atoms with E-state index in [2.05, 4.69) is 22.6 Å². The van der Waals surface area contributed by atoms with Crippen molar-refractivity contribution in [2.45, 2.75) is 19.8 Å². The summed E-state index contributed by atoms with van der Waals surface area (Å²) < 4.78 is 49.6. The van der Waals surface area contributed by atoms with Crippen LogP contribution in [-0.2, 0) is 0 Å². The zero-order chi connectivity index (χ0) is 18.7. The predicted octanol–water partition coefficient (Wildman–Crippen LogP) is 7.28. The summed E-state index contributed by atoms with van der Waals surface area (Å²) in [5, 5.41) is 0. The zero-order valence-corrected chi connectivity index (χ0v) is 17.0. The maximum Gasteiger partial charge on any atom is 0.201 e. The van der Waals surface area contributed by atoms with E-state index in [-0.39, 0.29) is 16.9 Å². The lowest BCUT2D eigenvalue weighted by Gasteiger charge is -2.11. The van der Waals surface area contributed by atoms with E-state index in [1.165, 1.54) is 35.6 Å². The van der Waals surface area contributed by atoms with Gasteiger partial charge in [-0.2, -0.15) is 4.39 Å². The van der Waals surface area contributed by atoms with Gasteiger partial charge in [0.1, 0.15) is 5.82 Å².